The second kappa shape index (κ2) is 7.09. The Morgan fingerprint density at radius 1 is 1.29 bits per heavy atom. The third-order valence-corrected chi connectivity index (χ3v) is 3.58. The highest BCUT2D eigenvalue weighted by Gasteiger charge is 2.16. The predicted octanol–water partition coefficient (Wildman–Crippen LogP) is 2.99. The van der Waals surface area contributed by atoms with Crippen LogP contribution in [0.3, 0.4) is 0 Å². The van der Waals surface area contributed by atoms with Gasteiger partial charge in [-0.1, -0.05) is 30.3 Å². The van der Waals surface area contributed by atoms with Crippen molar-refractivity contribution in [3.63, 3.8) is 0 Å². The van der Waals surface area contributed by atoms with Gasteiger partial charge in [0.2, 0.25) is 0 Å². The first-order valence-corrected chi connectivity index (χ1v) is 7.28. The fourth-order valence-electron chi connectivity index (χ4n) is 2.50. The van der Waals surface area contributed by atoms with Gasteiger partial charge in [0.15, 0.2) is 0 Å². The number of nitrogens with two attached hydrogens (primary N) is 1. The summed E-state index contributed by atoms with van der Waals surface area (Å²) in [6, 6.07) is 11.9. The van der Waals surface area contributed by atoms with E-state index < -0.39 is 0 Å². The number of amides is 1. The van der Waals surface area contributed by atoms with Crippen LogP contribution < -0.4 is 5.73 Å². The molecule has 0 radical (unpaired) electrons. The number of carbonyl (C=O) groups excluding carboxylic acids is 1. The lowest BCUT2D eigenvalue weighted by atomic mass is 10.1. The first kappa shape index (κ1) is 15.3. The normalized spacial score (nSPS) is 10.8. The number of hydrogen-bond donors (Lipinski definition) is 1. The van der Waals surface area contributed by atoms with Crippen molar-refractivity contribution in [3.8, 4) is 11.3 Å². The van der Waals surface area contributed by atoms with Crippen LogP contribution in [0.1, 0.15) is 29.4 Å². The zero-order chi connectivity index (χ0) is 15.2. The van der Waals surface area contributed by atoms with E-state index in [0.717, 1.165) is 36.5 Å². The van der Waals surface area contributed by atoms with Crippen molar-refractivity contribution in [2.24, 2.45) is 5.73 Å². The first-order valence-electron chi connectivity index (χ1n) is 7.28. The largest absolute Gasteiger partial charge is 0.382 e. The van der Waals surface area contributed by atoms with Crippen LogP contribution in [-0.2, 0) is 11.3 Å². The van der Waals surface area contributed by atoms with Gasteiger partial charge >= 0.3 is 0 Å². The summed E-state index contributed by atoms with van der Waals surface area (Å²) in [7, 11) is 0. The smallest absolute Gasteiger partial charge is 0.250 e. The molecule has 0 atom stereocenters. The second-order valence-corrected chi connectivity index (χ2v) is 4.96. The number of primary amides is 1. The molecule has 1 aromatic heterocycles. The van der Waals surface area contributed by atoms with Crippen LogP contribution in [0.2, 0.25) is 0 Å². The summed E-state index contributed by atoms with van der Waals surface area (Å²) in [6.07, 6.45) is 0.904. The molecule has 1 aromatic carbocycles. The van der Waals surface area contributed by atoms with E-state index in [1.165, 1.54) is 0 Å². The van der Waals surface area contributed by atoms with Crippen LogP contribution >= 0.6 is 0 Å². The van der Waals surface area contributed by atoms with Crippen LogP contribution in [0.15, 0.2) is 36.4 Å². The van der Waals surface area contributed by atoms with Crippen molar-refractivity contribution in [3.05, 3.63) is 47.7 Å². The van der Waals surface area contributed by atoms with Gasteiger partial charge in [0.05, 0.1) is 5.56 Å². The van der Waals surface area contributed by atoms with Crippen molar-refractivity contribution < 1.29 is 9.53 Å². The Balaban J connectivity index is 2.33. The van der Waals surface area contributed by atoms with E-state index in [1.807, 2.05) is 50.2 Å². The lowest BCUT2D eigenvalue weighted by Gasteiger charge is -2.12. The Kier molecular flexibility index (Phi) is 5.17. The topological polar surface area (TPSA) is 57.2 Å². The van der Waals surface area contributed by atoms with Gasteiger partial charge in [-0.15, -0.1) is 0 Å². The van der Waals surface area contributed by atoms with Gasteiger partial charge < -0.3 is 15.0 Å². The molecule has 0 bridgehead atoms. The maximum absolute atomic E-state index is 11.6. The highest BCUT2D eigenvalue weighted by molar-refractivity contribution is 5.95. The number of carbonyl (C=O) groups is 1. The first-order chi connectivity index (χ1) is 10.1. The number of hydrogen-bond acceptors (Lipinski definition) is 2. The Morgan fingerprint density at radius 2 is 2.00 bits per heavy atom. The van der Waals surface area contributed by atoms with Gasteiger partial charge in [0.25, 0.3) is 5.91 Å². The lowest BCUT2D eigenvalue weighted by Crippen LogP contribution is -2.13. The van der Waals surface area contributed by atoms with Crippen LogP contribution in [0.4, 0.5) is 0 Å². The Labute approximate surface area is 125 Å². The zero-order valence-electron chi connectivity index (χ0n) is 12.6. The van der Waals surface area contributed by atoms with Crippen molar-refractivity contribution in [2.75, 3.05) is 13.2 Å². The molecule has 2 rings (SSSR count). The molecule has 2 N–H and O–H groups in total. The standard InChI is InChI=1S/C17H22N2O2/c1-3-21-11-7-10-19-13(2)15(17(18)20)12-16(19)14-8-5-4-6-9-14/h4-6,8-9,12H,3,7,10-11H2,1-2H3,(H2,18,20). The van der Waals surface area contributed by atoms with Crippen LogP contribution in [-0.4, -0.2) is 23.7 Å². The Morgan fingerprint density at radius 3 is 2.62 bits per heavy atom. The molecule has 0 aliphatic carbocycles. The van der Waals surface area contributed by atoms with Crippen molar-refractivity contribution >= 4 is 5.91 Å². The number of aromatic nitrogens is 1. The van der Waals surface area contributed by atoms with Crippen LogP contribution in [0, 0.1) is 6.92 Å². The average Bonchev–Trinajstić information content (AvgIpc) is 2.82. The second-order valence-electron chi connectivity index (χ2n) is 4.96. The summed E-state index contributed by atoms with van der Waals surface area (Å²) in [5.74, 6) is -0.381. The summed E-state index contributed by atoms with van der Waals surface area (Å²) >= 11 is 0. The Bertz CT molecular complexity index is 603. The van der Waals surface area contributed by atoms with Gasteiger partial charge in [0, 0.05) is 31.1 Å². The Hall–Kier alpha value is -2.07. The molecule has 0 aliphatic rings. The maximum Gasteiger partial charge on any atom is 0.250 e. The van der Waals surface area contributed by atoms with Crippen LogP contribution in [0.25, 0.3) is 11.3 Å². The molecular formula is C17H22N2O2. The SMILES string of the molecule is CCOCCCn1c(-c2ccccc2)cc(C(N)=O)c1C. The molecule has 2 aromatic rings. The number of nitrogens with zero attached hydrogens (tertiary/aromatic N) is 1. The quantitative estimate of drug-likeness (QED) is 0.795. The molecule has 1 heterocycles. The summed E-state index contributed by atoms with van der Waals surface area (Å²) in [5, 5.41) is 0. The van der Waals surface area contributed by atoms with Gasteiger partial charge in [-0.05, 0) is 31.9 Å². The monoisotopic (exact) mass is 286 g/mol. The molecule has 0 fully saturated rings. The minimum Gasteiger partial charge on any atom is -0.382 e. The molecule has 0 saturated heterocycles. The van der Waals surface area contributed by atoms with Gasteiger partial charge in [-0.3, -0.25) is 4.79 Å². The fraction of sp³-hybridized carbons (Fsp3) is 0.353. The van der Waals surface area contributed by atoms with E-state index >= 15 is 0 Å². The van der Waals surface area contributed by atoms with Crippen molar-refractivity contribution in [1.29, 1.82) is 0 Å². The van der Waals surface area contributed by atoms with E-state index in [0.29, 0.717) is 12.2 Å². The van der Waals surface area contributed by atoms with Crippen molar-refractivity contribution in [2.45, 2.75) is 26.8 Å². The van der Waals surface area contributed by atoms with Gasteiger partial charge in [-0.2, -0.15) is 0 Å². The molecule has 21 heavy (non-hydrogen) atoms. The van der Waals surface area contributed by atoms with Gasteiger partial charge in [-0.25, -0.2) is 0 Å². The average molecular weight is 286 g/mol. The van der Waals surface area contributed by atoms with Gasteiger partial charge in [0.1, 0.15) is 0 Å². The maximum atomic E-state index is 11.6. The molecule has 0 aliphatic heterocycles. The number of rotatable bonds is 7. The summed E-state index contributed by atoms with van der Waals surface area (Å²) in [4.78, 5) is 11.6. The van der Waals surface area contributed by atoms with E-state index in [2.05, 4.69) is 4.57 Å². The molecule has 0 spiro atoms. The minimum atomic E-state index is -0.381. The fourth-order valence-corrected chi connectivity index (χ4v) is 2.50. The third-order valence-electron chi connectivity index (χ3n) is 3.58. The van der Waals surface area contributed by atoms with E-state index in [9.17, 15) is 4.79 Å². The minimum absolute atomic E-state index is 0.381. The molecular weight excluding hydrogens is 264 g/mol. The van der Waals surface area contributed by atoms with Crippen LogP contribution in [0.5, 0.6) is 0 Å². The predicted molar refractivity (Wildman–Crippen MR) is 84.2 cm³/mol. The van der Waals surface area contributed by atoms with Crippen molar-refractivity contribution in [1.82, 2.24) is 4.57 Å². The summed E-state index contributed by atoms with van der Waals surface area (Å²) < 4.78 is 7.54. The highest BCUT2D eigenvalue weighted by Crippen LogP contribution is 2.26. The molecule has 1 amide bonds. The molecule has 112 valence electrons. The summed E-state index contributed by atoms with van der Waals surface area (Å²) in [6.45, 7) is 6.18. The number of ether oxygens (including phenoxy) is 1. The summed E-state index contributed by atoms with van der Waals surface area (Å²) in [5.41, 5.74) is 9.09. The molecule has 4 heteroatoms. The van der Waals surface area contributed by atoms with E-state index in [-0.39, 0.29) is 5.91 Å². The van der Waals surface area contributed by atoms with E-state index in [1.54, 1.807) is 0 Å². The van der Waals surface area contributed by atoms with E-state index in [4.69, 9.17) is 10.5 Å². The third kappa shape index (κ3) is 3.52. The highest BCUT2D eigenvalue weighted by atomic mass is 16.5. The number of benzene rings is 1. The molecule has 0 unspecified atom stereocenters. The zero-order valence-corrected chi connectivity index (χ0v) is 12.6. The molecule has 0 saturated carbocycles. The molecule has 4 nitrogen and oxygen atoms in total. The lowest BCUT2D eigenvalue weighted by molar-refractivity contribution is 0.0999.